The van der Waals surface area contributed by atoms with Gasteiger partial charge in [-0.3, -0.25) is 4.79 Å². The van der Waals surface area contributed by atoms with Crippen molar-refractivity contribution in [3.8, 4) is 5.75 Å². The van der Waals surface area contributed by atoms with Gasteiger partial charge in [0.15, 0.2) is 0 Å². The Labute approximate surface area is 131 Å². The quantitative estimate of drug-likeness (QED) is 0.784. The SMILES string of the molecule is CCOc1cccc(C(C)Nc2nn3c(=O)ccnc3s2)c1. The van der Waals surface area contributed by atoms with Gasteiger partial charge in [0.1, 0.15) is 5.75 Å². The number of rotatable bonds is 5. The molecule has 22 heavy (non-hydrogen) atoms. The molecule has 0 radical (unpaired) electrons. The summed E-state index contributed by atoms with van der Waals surface area (Å²) in [4.78, 5) is 16.4. The van der Waals surface area contributed by atoms with E-state index in [2.05, 4.69) is 15.4 Å². The lowest BCUT2D eigenvalue weighted by atomic mass is 10.1. The van der Waals surface area contributed by atoms with E-state index in [0.29, 0.717) is 16.7 Å². The van der Waals surface area contributed by atoms with Crippen molar-refractivity contribution in [2.24, 2.45) is 0 Å². The summed E-state index contributed by atoms with van der Waals surface area (Å²) >= 11 is 1.35. The molecule has 114 valence electrons. The van der Waals surface area contributed by atoms with E-state index in [9.17, 15) is 4.79 Å². The summed E-state index contributed by atoms with van der Waals surface area (Å²) in [5.74, 6) is 0.843. The van der Waals surface area contributed by atoms with E-state index in [4.69, 9.17) is 4.74 Å². The summed E-state index contributed by atoms with van der Waals surface area (Å²) in [5.41, 5.74) is 0.908. The van der Waals surface area contributed by atoms with Crippen LogP contribution in [0.25, 0.3) is 4.96 Å². The van der Waals surface area contributed by atoms with Gasteiger partial charge >= 0.3 is 0 Å². The minimum atomic E-state index is -0.180. The summed E-state index contributed by atoms with van der Waals surface area (Å²) < 4.78 is 6.82. The minimum Gasteiger partial charge on any atom is -0.494 e. The van der Waals surface area contributed by atoms with Crippen LogP contribution < -0.4 is 15.6 Å². The summed E-state index contributed by atoms with van der Waals surface area (Å²) in [5, 5.41) is 8.21. The first kappa shape index (κ1) is 14.5. The highest BCUT2D eigenvalue weighted by Gasteiger charge is 2.11. The third kappa shape index (κ3) is 2.94. The lowest BCUT2D eigenvalue weighted by Crippen LogP contribution is -2.13. The van der Waals surface area contributed by atoms with Crippen molar-refractivity contribution in [2.45, 2.75) is 19.9 Å². The van der Waals surface area contributed by atoms with E-state index in [-0.39, 0.29) is 11.6 Å². The molecule has 3 rings (SSSR count). The molecule has 0 saturated heterocycles. The zero-order chi connectivity index (χ0) is 15.5. The van der Waals surface area contributed by atoms with Crippen LogP contribution in [0.15, 0.2) is 41.3 Å². The van der Waals surface area contributed by atoms with Crippen LogP contribution in [0.2, 0.25) is 0 Å². The van der Waals surface area contributed by atoms with E-state index < -0.39 is 0 Å². The number of aromatic nitrogens is 3. The van der Waals surface area contributed by atoms with Crippen molar-refractivity contribution in [2.75, 3.05) is 11.9 Å². The molecule has 3 aromatic rings. The minimum absolute atomic E-state index is 0.0386. The smallest absolute Gasteiger partial charge is 0.275 e. The Hall–Kier alpha value is -2.41. The zero-order valence-corrected chi connectivity index (χ0v) is 13.1. The largest absolute Gasteiger partial charge is 0.494 e. The number of nitrogens with zero attached hydrogens (tertiary/aromatic N) is 3. The Balaban J connectivity index is 1.83. The maximum absolute atomic E-state index is 11.7. The number of benzene rings is 1. The van der Waals surface area contributed by atoms with Gasteiger partial charge < -0.3 is 10.1 Å². The summed E-state index contributed by atoms with van der Waals surface area (Å²) in [6.45, 7) is 4.63. The third-order valence-electron chi connectivity index (χ3n) is 3.18. The molecule has 0 saturated carbocycles. The highest BCUT2D eigenvalue weighted by Crippen LogP contribution is 2.25. The number of anilines is 1. The third-order valence-corrected chi connectivity index (χ3v) is 4.03. The van der Waals surface area contributed by atoms with Crippen molar-refractivity contribution >= 4 is 21.4 Å². The van der Waals surface area contributed by atoms with E-state index in [1.165, 1.54) is 28.1 Å². The molecule has 2 heterocycles. The highest BCUT2D eigenvalue weighted by molar-refractivity contribution is 7.20. The van der Waals surface area contributed by atoms with Gasteiger partial charge in [-0.25, -0.2) is 4.98 Å². The number of nitrogens with one attached hydrogen (secondary N) is 1. The maximum atomic E-state index is 11.7. The van der Waals surface area contributed by atoms with Gasteiger partial charge in [-0.2, -0.15) is 4.52 Å². The second-order valence-electron chi connectivity index (χ2n) is 4.76. The molecule has 0 spiro atoms. The van der Waals surface area contributed by atoms with Crippen LogP contribution in [-0.4, -0.2) is 21.2 Å². The summed E-state index contributed by atoms with van der Waals surface area (Å²) in [7, 11) is 0. The first-order valence-electron chi connectivity index (χ1n) is 7.01. The van der Waals surface area contributed by atoms with Crippen molar-refractivity contribution in [1.29, 1.82) is 0 Å². The molecule has 0 aliphatic carbocycles. The summed E-state index contributed by atoms with van der Waals surface area (Å²) in [6.07, 6.45) is 1.49. The summed E-state index contributed by atoms with van der Waals surface area (Å²) in [6, 6.07) is 9.35. The molecule has 1 N–H and O–H groups in total. The second-order valence-corrected chi connectivity index (χ2v) is 5.71. The molecule has 0 aliphatic rings. The van der Waals surface area contributed by atoms with Gasteiger partial charge in [0, 0.05) is 12.3 Å². The van der Waals surface area contributed by atoms with Gasteiger partial charge in [0.2, 0.25) is 10.1 Å². The Kier molecular flexibility index (Phi) is 4.06. The molecule has 1 atom stereocenters. The normalized spacial score (nSPS) is 12.3. The van der Waals surface area contributed by atoms with E-state index >= 15 is 0 Å². The lowest BCUT2D eigenvalue weighted by Gasteiger charge is -2.14. The van der Waals surface area contributed by atoms with Crippen LogP contribution in [-0.2, 0) is 0 Å². The molecule has 1 aromatic carbocycles. The molecule has 0 bridgehead atoms. The van der Waals surface area contributed by atoms with Crippen LogP contribution in [0, 0.1) is 0 Å². The number of hydrogen-bond acceptors (Lipinski definition) is 6. The van der Waals surface area contributed by atoms with Crippen LogP contribution >= 0.6 is 11.3 Å². The standard InChI is InChI=1S/C15H16N4O2S/c1-3-21-12-6-4-5-11(9-12)10(2)17-14-18-19-13(20)7-8-16-15(19)22-14/h4-10H,3H2,1-2H3,(H,17,18). The molecule has 0 amide bonds. The van der Waals surface area contributed by atoms with Gasteiger partial charge in [-0.15, -0.1) is 5.10 Å². The maximum Gasteiger partial charge on any atom is 0.275 e. The second kappa shape index (κ2) is 6.15. The molecule has 6 nitrogen and oxygen atoms in total. The number of ether oxygens (including phenoxy) is 1. The average Bonchev–Trinajstić information content (AvgIpc) is 2.92. The van der Waals surface area contributed by atoms with Gasteiger partial charge in [-0.05, 0) is 31.5 Å². The van der Waals surface area contributed by atoms with Crippen LogP contribution in [0.1, 0.15) is 25.5 Å². The fraction of sp³-hybridized carbons (Fsp3) is 0.267. The van der Waals surface area contributed by atoms with Crippen molar-refractivity contribution in [3.63, 3.8) is 0 Å². The lowest BCUT2D eigenvalue weighted by molar-refractivity contribution is 0.340. The zero-order valence-electron chi connectivity index (χ0n) is 12.3. The fourth-order valence-corrected chi connectivity index (χ4v) is 2.97. The Bertz CT molecular complexity index is 843. The first-order chi connectivity index (χ1) is 10.7. The monoisotopic (exact) mass is 316 g/mol. The Morgan fingerprint density at radius 3 is 3.05 bits per heavy atom. The van der Waals surface area contributed by atoms with Gasteiger partial charge in [0.25, 0.3) is 5.56 Å². The molecule has 7 heteroatoms. The van der Waals surface area contributed by atoms with Crippen molar-refractivity contribution in [3.05, 3.63) is 52.4 Å². The van der Waals surface area contributed by atoms with E-state index in [1.54, 1.807) is 0 Å². The highest BCUT2D eigenvalue weighted by atomic mass is 32.1. The van der Waals surface area contributed by atoms with Gasteiger partial charge in [0.05, 0.1) is 12.6 Å². The van der Waals surface area contributed by atoms with E-state index in [0.717, 1.165) is 11.3 Å². The Morgan fingerprint density at radius 2 is 2.27 bits per heavy atom. The fourth-order valence-electron chi connectivity index (χ4n) is 2.11. The topological polar surface area (TPSA) is 68.5 Å². The molecular weight excluding hydrogens is 300 g/mol. The molecule has 1 unspecified atom stereocenters. The van der Waals surface area contributed by atoms with E-state index in [1.807, 2.05) is 38.1 Å². The van der Waals surface area contributed by atoms with Gasteiger partial charge in [-0.1, -0.05) is 23.5 Å². The molecular formula is C15H16N4O2S. The van der Waals surface area contributed by atoms with Crippen molar-refractivity contribution in [1.82, 2.24) is 14.6 Å². The van der Waals surface area contributed by atoms with Crippen LogP contribution in [0.4, 0.5) is 5.13 Å². The molecule has 0 fully saturated rings. The number of hydrogen-bond donors (Lipinski definition) is 1. The predicted molar refractivity (Wildman–Crippen MR) is 86.8 cm³/mol. The first-order valence-corrected chi connectivity index (χ1v) is 7.83. The number of fused-ring (bicyclic) bond motifs is 1. The van der Waals surface area contributed by atoms with Crippen molar-refractivity contribution < 1.29 is 4.74 Å². The predicted octanol–water partition coefficient (Wildman–Crippen LogP) is 2.72. The van der Waals surface area contributed by atoms with Crippen LogP contribution in [0.3, 0.4) is 0 Å². The molecule has 2 aromatic heterocycles. The Morgan fingerprint density at radius 1 is 1.41 bits per heavy atom. The van der Waals surface area contributed by atoms with Crippen LogP contribution in [0.5, 0.6) is 5.75 Å². The molecule has 0 aliphatic heterocycles. The average molecular weight is 316 g/mol.